The highest BCUT2D eigenvalue weighted by Gasteiger charge is 2.50. The lowest BCUT2D eigenvalue weighted by Gasteiger charge is -2.29. The molecule has 3 aromatic rings. The van der Waals surface area contributed by atoms with Crippen LogP contribution in [0.3, 0.4) is 0 Å². The van der Waals surface area contributed by atoms with Crippen LogP contribution in [-0.4, -0.2) is 46.0 Å². The number of fused-ring (bicyclic) bond motifs is 1. The van der Waals surface area contributed by atoms with Gasteiger partial charge in [0.2, 0.25) is 5.69 Å². The van der Waals surface area contributed by atoms with Crippen molar-refractivity contribution in [1.82, 2.24) is 4.98 Å². The summed E-state index contributed by atoms with van der Waals surface area (Å²) in [5, 5.41) is 12.1. The minimum Gasteiger partial charge on any atom is -0.447 e. The van der Waals surface area contributed by atoms with Gasteiger partial charge in [-0.3, -0.25) is 15.0 Å². The fourth-order valence-corrected chi connectivity index (χ4v) is 5.12. The van der Waals surface area contributed by atoms with Crippen LogP contribution >= 0.6 is 35.2 Å². The molecule has 174 valence electrons. The van der Waals surface area contributed by atoms with E-state index in [0.29, 0.717) is 22.0 Å². The van der Waals surface area contributed by atoms with Gasteiger partial charge in [-0.05, 0) is 56.4 Å². The van der Waals surface area contributed by atoms with Gasteiger partial charge in [0.1, 0.15) is 12.1 Å². The number of carbonyl (C=O) groups is 2. The number of nitrogens with zero attached hydrogens (tertiary/aromatic N) is 4. The third-order valence-electron chi connectivity index (χ3n) is 5.14. The van der Waals surface area contributed by atoms with E-state index < -0.39 is 11.6 Å². The Hall–Kier alpha value is -3.30. The summed E-state index contributed by atoms with van der Waals surface area (Å²) < 4.78 is 5.61. The van der Waals surface area contributed by atoms with Crippen molar-refractivity contribution < 1.29 is 19.4 Å². The molecular formula is C22H18ClN5O4S2. The van der Waals surface area contributed by atoms with Gasteiger partial charge in [0.15, 0.2) is 10.2 Å². The van der Waals surface area contributed by atoms with Crippen LogP contribution in [0.25, 0.3) is 15.1 Å². The SMILES string of the molecule is [C-]#[N+]c1ccc(N2C(=O)C(C)(C)N(c3ccc4sc(NC(=O)OCCO)nc4c3)C2=S)cc1Cl. The number of halogens is 1. The minimum atomic E-state index is -0.999. The molecule has 12 heteroatoms. The van der Waals surface area contributed by atoms with Gasteiger partial charge in [-0.25, -0.2) is 14.6 Å². The smallest absolute Gasteiger partial charge is 0.413 e. The van der Waals surface area contributed by atoms with Crippen molar-refractivity contribution >= 4 is 84.7 Å². The van der Waals surface area contributed by atoms with E-state index in [2.05, 4.69) is 15.1 Å². The number of nitrogens with one attached hydrogen (secondary N) is 1. The first-order valence-electron chi connectivity index (χ1n) is 9.98. The molecule has 4 rings (SSSR count). The topological polar surface area (TPSA) is 99.4 Å². The van der Waals surface area contributed by atoms with E-state index in [9.17, 15) is 9.59 Å². The molecule has 1 aliphatic heterocycles. The summed E-state index contributed by atoms with van der Waals surface area (Å²) in [6.07, 6.45) is -0.709. The summed E-state index contributed by atoms with van der Waals surface area (Å²) in [4.78, 5) is 36.0. The van der Waals surface area contributed by atoms with E-state index >= 15 is 0 Å². The van der Waals surface area contributed by atoms with Crippen molar-refractivity contribution in [2.75, 3.05) is 28.3 Å². The number of aromatic nitrogens is 1. The van der Waals surface area contributed by atoms with Crippen molar-refractivity contribution in [1.29, 1.82) is 0 Å². The fraction of sp³-hybridized carbons (Fsp3) is 0.227. The number of thiazole rings is 1. The Bertz CT molecular complexity index is 1370. The van der Waals surface area contributed by atoms with Crippen molar-refractivity contribution in [3.8, 4) is 0 Å². The Morgan fingerprint density at radius 1 is 1.32 bits per heavy atom. The lowest BCUT2D eigenvalue weighted by atomic mass is 10.0. The number of benzene rings is 2. The summed E-state index contributed by atoms with van der Waals surface area (Å²) >= 11 is 13.2. The average molecular weight is 516 g/mol. The lowest BCUT2D eigenvalue weighted by Crippen LogP contribution is -2.44. The summed E-state index contributed by atoms with van der Waals surface area (Å²) in [5.41, 5.74) is 1.03. The van der Waals surface area contributed by atoms with E-state index in [1.165, 1.54) is 16.2 Å². The number of ether oxygens (including phenoxy) is 1. The van der Waals surface area contributed by atoms with Crippen LogP contribution < -0.4 is 15.1 Å². The molecule has 9 nitrogen and oxygen atoms in total. The number of amides is 2. The number of carbonyl (C=O) groups excluding carboxylic acids is 2. The van der Waals surface area contributed by atoms with Crippen LogP contribution in [0.15, 0.2) is 36.4 Å². The van der Waals surface area contributed by atoms with E-state index in [0.717, 1.165) is 4.70 Å². The molecule has 0 unspecified atom stereocenters. The standard InChI is InChI=1S/C22H18ClN5O4S2/c1-22(2)18(30)27(12-4-6-15(24-3)14(23)10-12)21(33)28(22)13-5-7-17-16(11-13)25-19(34-17)26-20(31)32-9-8-29/h4-7,10-11,29H,8-9H2,1-2H3,(H,25,26,31). The highest BCUT2D eigenvalue weighted by atomic mass is 35.5. The first-order chi connectivity index (χ1) is 16.2. The van der Waals surface area contributed by atoms with Crippen molar-refractivity contribution in [3.63, 3.8) is 0 Å². The number of aliphatic hydroxyl groups excluding tert-OH is 1. The Labute approximate surface area is 209 Å². The van der Waals surface area contributed by atoms with Gasteiger partial charge in [-0.1, -0.05) is 29.0 Å². The zero-order valence-electron chi connectivity index (χ0n) is 18.0. The second-order valence-corrected chi connectivity index (χ2v) is 9.52. The van der Waals surface area contributed by atoms with Crippen LogP contribution in [0.4, 0.5) is 27.0 Å². The molecule has 0 spiro atoms. The van der Waals surface area contributed by atoms with Crippen molar-refractivity contribution in [2.45, 2.75) is 19.4 Å². The first-order valence-corrected chi connectivity index (χ1v) is 11.6. The van der Waals surface area contributed by atoms with Gasteiger partial charge in [-0.2, -0.15) is 0 Å². The summed E-state index contributed by atoms with van der Waals surface area (Å²) in [5.74, 6) is -0.239. The molecule has 34 heavy (non-hydrogen) atoms. The molecular weight excluding hydrogens is 498 g/mol. The third-order valence-corrected chi connectivity index (χ3v) is 6.76. The quantitative estimate of drug-likeness (QED) is 0.366. The molecule has 1 aliphatic rings. The van der Waals surface area contributed by atoms with Crippen LogP contribution in [0.2, 0.25) is 5.02 Å². The lowest BCUT2D eigenvalue weighted by molar-refractivity contribution is -0.120. The predicted molar refractivity (Wildman–Crippen MR) is 136 cm³/mol. The molecule has 2 heterocycles. The Kier molecular flexibility index (Phi) is 6.42. The molecule has 2 N–H and O–H groups in total. The number of thiocarbonyl (C=S) groups is 1. The number of aliphatic hydroxyl groups is 1. The maximum atomic E-state index is 13.4. The number of hydrogen-bond donors (Lipinski definition) is 2. The molecule has 2 amide bonds. The second kappa shape index (κ2) is 9.15. The van der Waals surface area contributed by atoms with Gasteiger partial charge in [-0.15, -0.1) is 0 Å². The van der Waals surface area contributed by atoms with E-state index in [4.69, 9.17) is 40.2 Å². The van der Waals surface area contributed by atoms with E-state index in [1.54, 1.807) is 43.0 Å². The highest BCUT2D eigenvalue weighted by molar-refractivity contribution is 7.81. The molecule has 1 fully saturated rings. The Morgan fingerprint density at radius 3 is 2.74 bits per heavy atom. The van der Waals surface area contributed by atoms with Crippen molar-refractivity contribution in [3.05, 3.63) is 52.8 Å². The maximum Gasteiger partial charge on any atom is 0.413 e. The van der Waals surface area contributed by atoms with Gasteiger partial charge < -0.3 is 14.7 Å². The van der Waals surface area contributed by atoms with E-state index in [1.807, 2.05) is 12.1 Å². The Morgan fingerprint density at radius 2 is 2.06 bits per heavy atom. The van der Waals surface area contributed by atoms with Gasteiger partial charge >= 0.3 is 6.09 Å². The largest absolute Gasteiger partial charge is 0.447 e. The van der Waals surface area contributed by atoms with Gasteiger partial charge in [0.25, 0.3) is 5.91 Å². The van der Waals surface area contributed by atoms with E-state index in [-0.39, 0.29) is 34.9 Å². The maximum absolute atomic E-state index is 13.4. The molecule has 0 bridgehead atoms. The summed E-state index contributed by atoms with van der Waals surface area (Å²) in [6.45, 7) is 10.3. The van der Waals surface area contributed by atoms with Crippen LogP contribution in [0.5, 0.6) is 0 Å². The normalized spacial score (nSPS) is 15.0. The number of rotatable bonds is 5. The molecule has 2 aromatic carbocycles. The van der Waals surface area contributed by atoms with Gasteiger partial charge in [0.05, 0.1) is 29.1 Å². The van der Waals surface area contributed by atoms with Crippen LogP contribution in [-0.2, 0) is 9.53 Å². The van der Waals surface area contributed by atoms with Crippen LogP contribution in [0.1, 0.15) is 13.8 Å². The van der Waals surface area contributed by atoms with Crippen molar-refractivity contribution in [2.24, 2.45) is 0 Å². The fourth-order valence-electron chi connectivity index (χ4n) is 3.55. The Balaban J connectivity index is 1.66. The molecule has 0 aliphatic carbocycles. The summed E-state index contributed by atoms with van der Waals surface area (Å²) in [6, 6.07) is 10.2. The minimum absolute atomic E-state index is 0.112. The zero-order chi connectivity index (χ0) is 24.6. The third kappa shape index (κ3) is 4.17. The number of anilines is 3. The second-order valence-electron chi connectivity index (χ2n) is 7.72. The molecule has 0 radical (unpaired) electrons. The van der Waals surface area contributed by atoms with Gasteiger partial charge in [0, 0.05) is 10.7 Å². The molecule has 0 atom stereocenters. The van der Waals surface area contributed by atoms with Crippen LogP contribution in [0, 0.1) is 6.57 Å². The monoisotopic (exact) mass is 515 g/mol. The number of hydrogen-bond acceptors (Lipinski definition) is 7. The highest BCUT2D eigenvalue weighted by Crippen LogP contribution is 2.40. The molecule has 0 saturated carbocycles. The molecule has 1 aromatic heterocycles. The summed E-state index contributed by atoms with van der Waals surface area (Å²) in [7, 11) is 0. The first kappa shape index (κ1) is 23.8. The zero-order valence-corrected chi connectivity index (χ0v) is 20.4. The predicted octanol–water partition coefficient (Wildman–Crippen LogP) is 4.96. The average Bonchev–Trinajstić information content (AvgIpc) is 3.26. The molecule has 1 saturated heterocycles.